The second-order valence-corrected chi connectivity index (χ2v) is 10.8. The molecule has 3 aromatic rings. The summed E-state index contributed by atoms with van der Waals surface area (Å²) in [5.41, 5.74) is 4.55. The second kappa shape index (κ2) is 8.84. The molecule has 5 rings (SSSR count). The minimum atomic E-state index is -0.288. The van der Waals surface area contributed by atoms with Crippen molar-refractivity contribution >= 4 is 16.8 Å². The van der Waals surface area contributed by atoms with Gasteiger partial charge in [-0.15, -0.1) is 0 Å². The van der Waals surface area contributed by atoms with E-state index in [1.807, 2.05) is 26.0 Å². The highest BCUT2D eigenvalue weighted by atomic mass is 19.1. The number of amides is 1. The zero-order chi connectivity index (χ0) is 24.0. The number of H-pyrrole nitrogens is 1. The number of benzene rings is 2. The van der Waals surface area contributed by atoms with E-state index in [0.717, 1.165) is 44.2 Å². The zero-order valence-electron chi connectivity index (χ0n) is 20.8. The molecule has 1 spiro atoms. The van der Waals surface area contributed by atoms with Gasteiger partial charge in [-0.25, -0.2) is 4.39 Å². The number of rotatable bonds is 4. The van der Waals surface area contributed by atoms with Crippen LogP contribution in [0.5, 0.6) is 0 Å². The number of hydrogen-bond acceptors (Lipinski definition) is 2. The lowest BCUT2D eigenvalue weighted by Gasteiger charge is -2.52. The molecule has 5 heteroatoms. The first-order chi connectivity index (χ1) is 16.3. The summed E-state index contributed by atoms with van der Waals surface area (Å²) in [5, 5.41) is 1.29. The Balaban J connectivity index is 1.52. The van der Waals surface area contributed by atoms with Crippen molar-refractivity contribution in [2.45, 2.75) is 57.5 Å². The normalized spacial score (nSPS) is 23.6. The van der Waals surface area contributed by atoms with Gasteiger partial charge in [0.25, 0.3) is 0 Å². The van der Waals surface area contributed by atoms with Gasteiger partial charge in [0.2, 0.25) is 5.91 Å². The number of carbonyl (C=O) groups excluding carboxylic acids is 1. The fourth-order valence-corrected chi connectivity index (χ4v) is 6.70. The smallest absolute Gasteiger partial charge is 0.225 e. The largest absolute Gasteiger partial charge is 0.356 e. The van der Waals surface area contributed by atoms with Crippen LogP contribution in [0.3, 0.4) is 0 Å². The van der Waals surface area contributed by atoms with E-state index in [1.165, 1.54) is 28.2 Å². The topological polar surface area (TPSA) is 39.3 Å². The van der Waals surface area contributed by atoms with Crippen LogP contribution >= 0.6 is 0 Å². The van der Waals surface area contributed by atoms with Crippen molar-refractivity contribution < 1.29 is 9.18 Å². The van der Waals surface area contributed by atoms with Crippen LogP contribution in [0.4, 0.5) is 4.39 Å². The molecular formula is C29H36FN3O. The van der Waals surface area contributed by atoms with Gasteiger partial charge in [-0.3, -0.25) is 4.79 Å². The van der Waals surface area contributed by atoms with Crippen molar-refractivity contribution in [2.24, 2.45) is 11.8 Å². The van der Waals surface area contributed by atoms with Gasteiger partial charge in [-0.1, -0.05) is 44.2 Å². The van der Waals surface area contributed by atoms with Gasteiger partial charge in [0.1, 0.15) is 5.82 Å². The minimum absolute atomic E-state index is 0.0256. The Bertz CT molecular complexity index is 1190. The lowest BCUT2D eigenvalue weighted by Crippen LogP contribution is -2.56. The van der Waals surface area contributed by atoms with Crippen molar-refractivity contribution in [3.63, 3.8) is 0 Å². The molecule has 1 atom stereocenters. The average molecular weight is 462 g/mol. The number of halogens is 1. The maximum absolute atomic E-state index is 14.1. The molecule has 1 fully saturated rings. The van der Waals surface area contributed by atoms with Crippen LogP contribution in [0.2, 0.25) is 0 Å². The van der Waals surface area contributed by atoms with E-state index in [2.05, 4.69) is 53.1 Å². The molecule has 4 nitrogen and oxygen atoms in total. The highest BCUT2D eigenvalue weighted by Gasteiger charge is 2.49. The zero-order valence-corrected chi connectivity index (χ0v) is 20.8. The van der Waals surface area contributed by atoms with E-state index >= 15 is 0 Å². The van der Waals surface area contributed by atoms with Crippen LogP contribution in [-0.4, -0.2) is 41.3 Å². The molecule has 0 radical (unpaired) electrons. The summed E-state index contributed by atoms with van der Waals surface area (Å²) in [6.45, 7) is 4.79. The predicted octanol–water partition coefficient (Wildman–Crippen LogP) is 6.04. The van der Waals surface area contributed by atoms with Crippen LogP contribution in [0.15, 0.2) is 48.5 Å². The third-order valence-corrected chi connectivity index (χ3v) is 8.19. The molecule has 180 valence electrons. The number of para-hydroxylation sites is 1. The van der Waals surface area contributed by atoms with Crippen molar-refractivity contribution in [1.82, 2.24) is 14.8 Å². The van der Waals surface area contributed by atoms with E-state index in [0.29, 0.717) is 5.92 Å². The summed E-state index contributed by atoms with van der Waals surface area (Å²) in [4.78, 5) is 21.6. The highest BCUT2D eigenvalue weighted by Crippen LogP contribution is 2.51. The van der Waals surface area contributed by atoms with Crippen LogP contribution in [0, 0.1) is 17.7 Å². The second-order valence-electron chi connectivity index (χ2n) is 10.8. The predicted molar refractivity (Wildman–Crippen MR) is 135 cm³/mol. The van der Waals surface area contributed by atoms with Crippen LogP contribution < -0.4 is 0 Å². The number of aromatic amines is 1. The Morgan fingerprint density at radius 3 is 2.53 bits per heavy atom. The van der Waals surface area contributed by atoms with Gasteiger partial charge in [-0.05, 0) is 81.4 Å². The van der Waals surface area contributed by atoms with Gasteiger partial charge in [0.05, 0.1) is 5.54 Å². The molecule has 2 aliphatic rings. The first-order valence-corrected chi connectivity index (χ1v) is 12.7. The average Bonchev–Trinajstić information content (AvgIpc) is 3.20. The molecule has 2 heterocycles. The van der Waals surface area contributed by atoms with Crippen LogP contribution in [0.25, 0.3) is 10.9 Å². The monoisotopic (exact) mass is 461 g/mol. The third kappa shape index (κ3) is 3.74. The SMILES string of the molecule is CC(C)C(=O)N1CCc2c([nH]c3ccccc23)C12CCC(C(c1cccc(F)c1)N(C)C)CC2. The van der Waals surface area contributed by atoms with Gasteiger partial charge in [0.15, 0.2) is 0 Å². The molecule has 1 aliphatic heterocycles. The fourth-order valence-electron chi connectivity index (χ4n) is 6.70. The van der Waals surface area contributed by atoms with Gasteiger partial charge < -0.3 is 14.8 Å². The van der Waals surface area contributed by atoms with Crippen LogP contribution in [-0.2, 0) is 16.8 Å². The van der Waals surface area contributed by atoms with Gasteiger partial charge in [-0.2, -0.15) is 0 Å². The van der Waals surface area contributed by atoms with Gasteiger partial charge >= 0.3 is 0 Å². The maximum Gasteiger partial charge on any atom is 0.225 e. The molecule has 1 aliphatic carbocycles. The maximum atomic E-state index is 14.1. The Hall–Kier alpha value is -2.66. The van der Waals surface area contributed by atoms with Crippen molar-refractivity contribution in [3.8, 4) is 0 Å². The molecule has 2 aromatic carbocycles. The molecular weight excluding hydrogens is 425 g/mol. The molecule has 1 saturated carbocycles. The standard InChI is InChI=1S/C29H36FN3O/c1-19(2)28(34)33-17-14-24-23-10-5-6-11-25(23)31-27(24)29(33)15-12-20(13-16-29)26(32(3)4)21-8-7-9-22(30)18-21/h5-11,18-20,26,31H,12-17H2,1-4H3. The summed E-state index contributed by atoms with van der Waals surface area (Å²) in [7, 11) is 4.18. The molecule has 1 aromatic heterocycles. The Kier molecular flexibility index (Phi) is 6.01. The lowest BCUT2D eigenvalue weighted by molar-refractivity contribution is -0.145. The Morgan fingerprint density at radius 2 is 1.85 bits per heavy atom. The number of hydrogen-bond donors (Lipinski definition) is 1. The van der Waals surface area contributed by atoms with E-state index in [4.69, 9.17) is 0 Å². The van der Waals surface area contributed by atoms with E-state index < -0.39 is 0 Å². The van der Waals surface area contributed by atoms with E-state index in [1.54, 1.807) is 6.07 Å². The first kappa shape index (κ1) is 23.1. The molecule has 34 heavy (non-hydrogen) atoms. The Labute approximate surface area is 202 Å². The quantitative estimate of drug-likeness (QED) is 0.515. The molecule has 0 bridgehead atoms. The van der Waals surface area contributed by atoms with E-state index in [9.17, 15) is 9.18 Å². The lowest BCUT2D eigenvalue weighted by atomic mass is 9.68. The van der Waals surface area contributed by atoms with Crippen molar-refractivity contribution in [2.75, 3.05) is 20.6 Å². The number of carbonyl (C=O) groups is 1. The van der Waals surface area contributed by atoms with Crippen molar-refractivity contribution in [3.05, 3.63) is 71.2 Å². The number of aromatic nitrogens is 1. The Morgan fingerprint density at radius 1 is 1.12 bits per heavy atom. The summed E-state index contributed by atoms with van der Waals surface area (Å²) in [5.74, 6) is 0.452. The van der Waals surface area contributed by atoms with Gasteiger partial charge in [0, 0.05) is 35.1 Å². The highest BCUT2D eigenvalue weighted by molar-refractivity contribution is 5.87. The third-order valence-electron chi connectivity index (χ3n) is 8.19. The minimum Gasteiger partial charge on any atom is -0.356 e. The number of nitrogens with zero attached hydrogens (tertiary/aromatic N) is 2. The van der Waals surface area contributed by atoms with Crippen LogP contribution in [0.1, 0.15) is 62.4 Å². The molecule has 0 saturated heterocycles. The number of nitrogens with one attached hydrogen (secondary N) is 1. The fraction of sp³-hybridized carbons (Fsp3) is 0.483. The summed E-state index contributed by atoms with van der Waals surface area (Å²) in [6.07, 6.45) is 4.74. The van der Waals surface area contributed by atoms with Crippen molar-refractivity contribution in [1.29, 1.82) is 0 Å². The summed E-state index contributed by atoms with van der Waals surface area (Å²) >= 11 is 0. The first-order valence-electron chi connectivity index (χ1n) is 12.7. The summed E-state index contributed by atoms with van der Waals surface area (Å²) in [6, 6.07) is 15.7. The molecule has 1 N–H and O–H groups in total. The molecule has 1 unspecified atom stereocenters. The molecule has 1 amide bonds. The number of fused-ring (bicyclic) bond motifs is 4. The van der Waals surface area contributed by atoms with E-state index in [-0.39, 0.29) is 29.2 Å². The summed E-state index contributed by atoms with van der Waals surface area (Å²) < 4.78 is 14.1.